The van der Waals surface area contributed by atoms with Gasteiger partial charge in [-0.1, -0.05) is 43.7 Å². The number of rotatable bonds is 6. The first-order valence-corrected chi connectivity index (χ1v) is 9.67. The maximum atomic E-state index is 12.6. The molecule has 1 aliphatic heterocycles. The van der Waals surface area contributed by atoms with E-state index in [-0.39, 0.29) is 11.8 Å². The number of amides is 1. The Morgan fingerprint density at radius 3 is 2.71 bits per heavy atom. The van der Waals surface area contributed by atoms with Gasteiger partial charge in [0.25, 0.3) is 0 Å². The molecule has 0 bridgehead atoms. The van der Waals surface area contributed by atoms with Crippen LogP contribution in [-0.4, -0.2) is 28.9 Å². The molecular formula is C19H25N3OS. The lowest BCUT2D eigenvalue weighted by molar-refractivity contribution is -0.117. The Morgan fingerprint density at radius 1 is 1.25 bits per heavy atom. The van der Waals surface area contributed by atoms with E-state index in [0.29, 0.717) is 5.13 Å². The number of carbonyl (C=O) groups excluding carboxylic acids is 1. The summed E-state index contributed by atoms with van der Waals surface area (Å²) < 4.78 is 0. The molecule has 1 N–H and O–H groups in total. The summed E-state index contributed by atoms with van der Waals surface area (Å²) in [4.78, 5) is 19.6. The summed E-state index contributed by atoms with van der Waals surface area (Å²) in [5.41, 5.74) is 2.12. The molecular weight excluding hydrogens is 318 g/mol. The molecule has 128 valence electrons. The molecule has 0 aliphatic carbocycles. The number of carbonyl (C=O) groups is 1. The topological polar surface area (TPSA) is 45.2 Å². The van der Waals surface area contributed by atoms with E-state index in [4.69, 9.17) is 0 Å². The highest BCUT2D eigenvalue weighted by atomic mass is 32.1. The van der Waals surface area contributed by atoms with Crippen LogP contribution in [0.25, 0.3) is 0 Å². The number of hydrogen-bond acceptors (Lipinski definition) is 4. The van der Waals surface area contributed by atoms with E-state index in [9.17, 15) is 4.79 Å². The molecule has 1 saturated heterocycles. The van der Waals surface area contributed by atoms with Crippen molar-refractivity contribution in [3.63, 3.8) is 0 Å². The van der Waals surface area contributed by atoms with Crippen molar-refractivity contribution in [3.8, 4) is 0 Å². The molecule has 1 aromatic heterocycles. The summed E-state index contributed by atoms with van der Waals surface area (Å²) in [7, 11) is 0. The molecule has 1 fully saturated rings. The Balaban J connectivity index is 1.60. The SMILES string of the molecule is CCC(C(=O)Nc1nc(CN2CCCCC2)cs1)c1ccccc1. The molecule has 0 spiro atoms. The van der Waals surface area contributed by atoms with Crippen molar-refractivity contribution >= 4 is 22.4 Å². The largest absolute Gasteiger partial charge is 0.301 e. The Bertz CT molecular complexity index is 650. The minimum atomic E-state index is -0.124. The van der Waals surface area contributed by atoms with E-state index in [1.165, 1.54) is 30.6 Å². The van der Waals surface area contributed by atoms with Gasteiger partial charge in [0.05, 0.1) is 11.6 Å². The van der Waals surface area contributed by atoms with E-state index in [1.807, 2.05) is 37.3 Å². The fourth-order valence-corrected chi connectivity index (χ4v) is 3.94. The highest BCUT2D eigenvalue weighted by Crippen LogP contribution is 2.24. The minimum Gasteiger partial charge on any atom is -0.301 e. The molecule has 4 nitrogen and oxygen atoms in total. The van der Waals surface area contributed by atoms with Crippen LogP contribution in [0.5, 0.6) is 0 Å². The summed E-state index contributed by atoms with van der Waals surface area (Å²) in [5.74, 6) is -0.0942. The molecule has 1 unspecified atom stereocenters. The van der Waals surface area contributed by atoms with Crippen LogP contribution in [0, 0.1) is 0 Å². The third-order valence-electron chi connectivity index (χ3n) is 4.54. The lowest BCUT2D eigenvalue weighted by Crippen LogP contribution is -2.29. The first-order chi connectivity index (χ1) is 11.8. The highest BCUT2D eigenvalue weighted by molar-refractivity contribution is 7.13. The van der Waals surface area contributed by atoms with Gasteiger partial charge < -0.3 is 5.32 Å². The number of nitrogens with zero attached hydrogens (tertiary/aromatic N) is 2. The normalized spacial score (nSPS) is 16.7. The third kappa shape index (κ3) is 4.42. The molecule has 2 aromatic rings. The molecule has 0 saturated carbocycles. The number of hydrogen-bond donors (Lipinski definition) is 1. The average molecular weight is 343 g/mol. The van der Waals surface area contributed by atoms with E-state index in [2.05, 4.69) is 20.6 Å². The molecule has 1 amide bonds. The number of likely N-dealkylation sites (tertiary alicyclic amines) is 1. The molecule has 1 aliphatic rings. The number of anilines is 1. The first kappa shape index (κ1) is 17.1. The third-order valence-corrected chi connectivity index (χ3v) is 5.35. The van der Waals surface area contributed by atoms with Crippen LogP contribution in [-0.2, 0) is 11.3 Å². The van der Waals surface area contributed by atoms with Crippen molar-refractivity contribution in [2.75, 3.05) is 18.4 Å². The maximum Gasteiger partial charge on any atom is 0.233 e. The lowest BCUT2D eigenvalue weighted by atomic mass is 9.96. The molecule has 24 heavy (non-hydrogen) atoms. The van der Waals surface area contributed by atoms with E-state index in [0.717, 1.165) is 37.3 Å². The minimum absolute atomic E-state index is 0.0302. The molecule has 1 atom stereocenters. The summed E-state index contributed by atoms with van der Waals surface area (Å²) in [6.07, 6.45) is 4.68. The van der Waals surface area contributed by atoms with Crippen LogP contribution in [0.15, 0.2) is 35.7 Å². The van der Waals surface area contributed by atoms with Crippen molar-refractivity contribution in [1.29, 1.82) is 0 Å². The van der Waals surface area contributed by atoms with Gasteiger partial charge in [0.1, 0.15) is 0 Å². The van der Waals surface area contributed by atoms with Crippen LogP contribution >= 0.6 is 11.3 Å². The maximum absolute atomic E-state index is 12.6. The fourth-order valence-electron chi connectivity index (χ4n) is 3.23. The van der Waals surface area contributed by atoms with Crippen LogP contribution in [0.3, 0.4) is 0 Å². The van der Waals surface area contributed by atoms with E-state index in [1.54, 1.807) is 0 Å². The van der Waals surface area contributed by atoms with Gasteiger partial charge in [0.2, 0.25) is 5.91 Å². The van der Waals surface area contributed by atoms with Crippen LogP contribution in [0.4, 0.5) is 5.13 Å². The second-order valence-corrected chi connectivity index (χ2v) is 7.20. The van der Waals surface area contributed by atoms with Crippen LogP contribution in [0.1, 0.15) is 49.8 Å². The zero-order chi connectivity index (χ0) is 16.8. The highest BCUT2D eigenvalue weighted by Gasteiger charge is 2.20. The van der Waals surface area contributed by atoms with Gasteiger partial charge in [-0.3, -0.25) is 9.69 Å². The van der Waals surface area contributed by atoms with Gasteiger partial charge in [-0.25, -0.2) is 4.98 Å². The molecule has 3 rings (SSSR count). The second kappa shape index (κ2) is 8.40. The first-order valence-electron chi connectivity index (χ1n) is 8.79. The fraction of sp³-hybridized carbons (Fsp3) is 0.474. The van der Waals surface area contributed by atoms with Crippen LogP contribution in [0.2, 0.25) is 0 Å². The van der Waals surface area contributed by atoms with Crippen molar-refractivity contribution in [1.82, 2.24) is 9.88 Å². The number of thiazole rings is 1. The van der Waals surface area contributed by atoms with Gasteiger partial charge in [-0.05, 0) is 37.9 Å². The molecule has 0 radical (unpaired) electrons. The van der Waals surface area contributed by atoms with Gasteiger partial charge >= 0.3 is 0 Å². The summed E-state index contributed by atoms with van der Waals surface area (Å²) >= 11 is 1.52. The number of aromatic nitrogens is 1. The number of piperidine rings is 1. The molecule has 2 heterocycles. The zero-order valence-corrected chi connectivity index (χ0v) is 15.0. The zero-order valence-electron chi connectivity index (χ0n) is 14.2. The monoisotopic (exact) mass is 343 g/mol. The number of nitrogens with one attached hydrogen (secondary N) is 1. The summed E-state index contributed by atoms with van der Waals surface area (Å²) in [6.45, 7) is 5.25. The van der Waals surface area contributed by atoms with Crippen molar-refractivity contribution in [2.24, 2.45) is 0 Å². The standard InChI is InChI=1S/C19H25N3OS/c1-2-17(15-9-5-3-6-10-15)18(23)21-19-20-16(14-24-19)13-22-11-7-4-8-12-22/h3,5-6,9-10,14,17H,2,4,7-8,11-13H2,1H3,(H,20,21,23). The Labute approximate surface area is 147 Å². The predicted octanol–water partition coefficient (Wildman–Crippen LogP) is 4.26. The van der Waals surface area contributed by atoms with Gasteiger partial charge in [0, 0.05) is 11.9 Å². The number of benzene rings is 1. The van der Waals surface area contributed by atoms with Crippen molar-refractivity contribution in [2.45, 2.75) is 45.1 Å². The van der Waals surface area contributed by atoms with Crippen molar-refractivity contribution < 1.29 is 4.79 Å². The van der Waals surface area contributed by atoms with E-state index < -0.39 is 0 Å². The van der Waals surface area contributed by atoms with Crippen LogP contribution < -0.4 is 5.32 Å². The molecule has 5 heteroatoms. The summed E-state index contributed by atoms with van der Waals surface area (Å²) in [5, 5.41) is 5.77. The van der Waals surface area contributed by atoms with E-state index >= 15 is 0 Å². The lowest BCUT2D eigenvalue weighted by Gasteiger charge is -2.25. The van der Waals surface area contributed by atoms with Gasteiger partial charge in [-0.2, -0.15) is 0 Å². The Hall–Kier alpha value is -1.72. The summed E-state index contributed by atoms with van der Waals surface area (Å²) in [6, 6.07) is 9.95. The Morgan fingerprint density at radius 2 is 2.00 bits per heavy atom. The predicted molar refractivity (Wildman–Crippen MR) is 99.3 cm³/mol. The average Bonchev–Trinajstić information content (AvgIpc) is 3.04. The van der Waals surface area contributed by atoms with Gasteiger partial charge in [0.15, 0.2) is 5.13 Å². The second-order valence-electron chi connectivity index (χ2n) is 6.34. The van der Waals surface area contributed by atoms with Gasteiger partial charge in [-0.15, -0.1) is 11.3 Å². The van der Waals surface area contributed by atoms with Crippen molar-refractivity contribution in [3.05, 3.63) is 47.0 Å². The Kier molecular flexibility index (Phi) is 5.99. The quantitative estimate of drug-likeness (QED) is 0.852. The smallest absolute Gasteiger partial charge is 0.233 e. The molecule has 1 aromatic carbocycles.